The summed E-state index contributed by atoms with van der Waals surface area (Å²) in [6, 6.07) is 0. The van der Waals surface area contributed by atoms with Gasteiger partial charge in [0.15, 0.2) is 34.8 Å². The van der Waals surface area contributed by atoms with Gasteiger partial charge in [-0.25, -0.2) is 19.1 Å². The highest BCUT2D eigenvalue weighted by Crippen LogP contribution is 2.51. The Morgan fingerprint density at radius 3 is 2.09 bits per heavy atom. The van der Waals surface area contributed by atoms with Crippen LogP contribution in [0.3, 0.4) is 0 Å². The Hall–Kier alpha value is -3.86. The Bertz CT molecular complexity index is 2020. The number of hydrogen-bond donors (Lipinski definition) is 8. The molecular formula is C20H24N10O13P2. The second-order valence-corrected chi connectivity index (χ2v) is 12.4. The summed E-state index contributed by atoms with van der Waals surface area (Å²) in [6.07, 6.45) is -6.13. The lowest BCUT2D eigenvalue weighted by Crippen LogP contribution is -2.40. The van der Waals surface area contributed by atoms with Crippen LogP contribution in [0.4, 0.5) is 11.9 Å². The standard InChI is InChI=1S/C20H24N10O13P2/c1-6-7(41-17(6)29-4-23-9-13(29)25-19(21)27-15(9)32)2-40-45(37,38)43-12-11(31)8(3-39-44(34,35)36)42-18(12)30-5-24-10-14(30)26-20(22)28-16(10)33/h4-5,7-8,11-12,17-18,31H,1-3H2,(H,37,38)(H2,34,35,36)(H3,21,25,27,32)(H3,22,26,28,33). The van der Waals surface area contributed by atoms with E-state index in [9.17, 15) is 28.7 Å². The van der Waals surface area contributed by atoms with E-state index in [1.165, 1.54) is 10.9 Å². The highest BCUT2D eigenvalue weighted by atomic mass is 31.2. The average Bonchev–Trinajstić information content (AvgIpc) is 3.62. The van der Waals surface area contributed by atoms with Crippen molar-refractivity contribution in [1.29, 1.82) is 0 Å². The number of hydrogen-bond acceptors (Lipinski definition) is 16. The van der Waals surface area contributed by atoms with E-state index < -0.39 is 76.8 Å². The fourth-order valence-corrected chi connectivity index (χ4v) is 6.02. The normalized spacial score (nSPS) is 26.8. The van der Waals surface area contributed by atoms with Crippen LogP contribution in [0, 0.1) is 0 Å². The van der Waals surface area contributed by atoms with Crippen molar-refractivity contribution in [3.8, 4) is 0 Å². The quantitative estimate of drug-likeness (QED) is 0.0649. The lowest BCUT2D eigenvalue weighted by atomic mass is 10.1. The van der Waals surface area contributed by atoms with Gasteiger partial charge in [0.1, 0.15) is 24.4 Å². The zero-order valence-electron chi connectivity index (χ0n) is 22.4. The Morgan fingerprint density at radius 1 is 0.933 bits per heavy atom. The lowest BCUT2D eigenvalue weighted by molar-refractivity contribution is -0.116. The maximum atomic E-state index is 13.0. The van der Waals surface area contributed by atoms with Crippen molar-refractivity contribution in [1.82, 2.24) is 39.0 Å². The predicted molar refractivity (Wildman–Crippen MR) is 147 cm³/mol. The van der Waals surface area contributed by atoms with Crippen LogP contribution >= 0.6 is 15.6 Å². The summed E-state index contributed by atoms with van der Waals surface area (Å²) >= 11 is 0. The fraction of sp³-hybridized carbons (Fsp3) is 0.400. The Labute approximate surface area is 248 Å². The van der Waals surface area contributed by atoms with E-state index in [4.69, 9.17) is 39.8 Å². The molecule has 0 aliphatic carbocycles. The summed E-state index contributed by atoms with van der Waals surface area (Å²) in [5.41, 5.74) is 10.0. The van der Waals surface area contributed by atoms with E-state index >= 15 is 0 Å². The minimum Gasteiger partial charge on any atom is -0.387 e. The zero-order chi connectivity index (χ0) is 32.4. The molecule has 0 radical (unpaired) electrons. The number of ether oxygens (including phenoxy) is 2. The molecule has 10 N–H and O–H groups in total. The van der Waals surface area contributed by atoms with Crippen LogP contribution in [-0.2, 0) is 32.2 Å². The molecule has 6 heterocycles. The summed E-state index contributed by atoms with van der Waals surface area (Å²) in [4.78, 5) is 73.5. The molecule has 0 aromatic carbocycles. The molecule has 7 unspecified atom stereocenters. The molecule has 2 saturated heterocycles. The summed E-state index contributed by atoms with van der Waals surface area (Å²) in [5.74, 6) is -0.462. The molecule has 0 bridgehead atoms. The van der Waals surface area contributed by atoms with Gasteiger partial charge in [-0.15, -0.1) is 0 Å². The first kappa shape index (κ1) is 31.1. The van der Waals surface area contributed by atoms with Crippen LogP contribution in [0.25, 0.3) is 22.3 Å². The van der Waals surface area contributed by atoms with Gasteiger partial charge in [-0.1, -0.05) is 6.58 Å². The molecule has 45 heavy (non-hydrogen) atoms. The van der Waals surface area contributed by atoms with E-state index in [-0.39, 0.29) is 34.2 Å². The third-order valence-corrected chi connectivity index (χ3v) is 8.29. The Morgan fingerprint density at radius 2 is 1.51 bits per heavy atom. The lowest BCUT2D eigenvalue weighted by Gasteiger charge is -2.39. The van der Waals surface area contributed by atoms with Crippen molar-refractivity contribution >= 4 is 49.9 Å². The van der Waals surface area contributed by atoms with Crippen LogP contribution in [0.15, 0.2) is 34.4 Å². The summed E-state index contributed by atoms with van der Waals surface area (Å²) < 4.78 is 52.9. The van der Waals surface area contributed by atoms with E-state index in [0.29, 0.717) is 5.57 Å². The van der Waals surface area contributed by atoms with Gasteiger partial charge in [0, 0.05) is 5.57 Å². The second-order valence-electron chi connectivity index (χ2n) is 9.78. The number of aromatic nitrogens is 8. The van der Waals surface area contributed by atoms with Crippen LogP contribution < -0.4 is 22.6 Å². The van der Waals surface area contributed by atoms with Gasteiger partial charge in [-0.3, -0.25) is 42.3 Å². The number of H-pyrrole nitrogens is 2. The van der Waals surface area contributed by atoms with Crippen LogP contribution in [-0.4, -0.2) is 96.5 Å². The van der Waals surface area contributed by atoms with Gasteiger partial charge in [-0.2, -0.15) is 9.97 Å². The molecule has 4 aromatic rings. The molecule has 23 nitrogen and oxygen atoms in total. The number of nitrogens with zero attached hydrogens (tertiary/aromatic N) is 6. The topological polar surface area (TPSA) is 340 Å². The molecule has 2 aliphatic heterocycles. The third-order valence-electron chi connectivity index (χ3n) is 6.82. The SMILES string of the molecule is C=C1C(COP(=O)(O)OC2C(O)C(COP(=O)(O)O)OC2n2cnc3c(=O)[nH]c(N)nc32)OC1n1cnc2c(=O)[nH]c(N)nc21. The molecule has 0 amide bonds. The minimum absolute atomic E-state index is 0.00174. The first-order valence-electron chi connectivity index (χ1n) is 12.6. The largest absolute Gasteiger partial charge is 0.472 e. The number of aliphatic hydroxyl groups is 1. The summed E-state index contributed by atoms with van der Waals surface area (Å²) in [5, 5.41) is 10.9. The number of fused-ring (bicyclic) bond motifs is 2. The number of phosphoric acid groups is 2. The molecule has 4 aromatic heterocycles. The third kappa shape index (κ3) is 5.94. The summed E-state index contributed by atoms with van der Waals surface area (Å²) in [7, 11) is -10.1. The zero-order valence-corrected chi connectivity index (χ0v) is 24.2. The highest BCUT2D eigenvalue weighted by Gasteiger charge is 2.50. The van der Waals surface area contributed by atoms with E-state index in [0.717, 1.165) is 10.9 Å². The van der Waals surface area contributed by atoms with Crippen LogP contribution in [0.1, 0.15) is 12.5 Å². The van der Waals surface area contributed by atoms with Crippen molar-refractivity contribution in [2.45, 2.75) is 36.9 Å². The molecule has 0 saturated carbocycles. The molecule has 7 atom stereocenters. The summed E-state index contributed by atoms with van der Waals surface area (Å²) in [6.45, 7) is 2.45. The Balaban J connectivity index is 1.18. The molecule has 6 rings (SSSR count). The number of rotatable bonds is 10. The van der Waals surface area contributed by atoms with Gasteiger partial charge in [0.05, 0.1) is 25.9 Å². The molecule has 2 aliphatic rings. The van der Waals surface area contributed by atoms with E-state index in [1.54, 1.807) is 0 Å². The van der Waals surface area contributed by atoms with Crippen molar-refractivity contribution in [2.75, 3.05) is 24.7 Å². The second kappa shape index (κ2) is 11.2. The van der Waals surface area contributed by atoms with Gasteiger partial charge in [-0.05, 0) is 0 Å². The number of imidazole rings is 2. The fourth-order valence-electron chi connectivity index (χ4n) is 4.76. The first-order valence-corrected chi connectivity index (χ1v) is 15.6. The smallest absolute Gasteiger partial charge is 0.387 e. The molecular weight excluding hydrogens is 650 g/mol. The number of aromatic amines is 2. The monoisotopic (exact) mass is 674 g/mol. The molecule has 0 spiro atoms. The highest BCUT2D eigenvalue weighted by molar-refractivity contribution is 7.47. The number of nitrogens with one attached hydrogen (secondary N) is 2. The molecule has 2 fully saturated rings. The van der Waals surface area contributed by atoms with Gasteiger partial charge in [0.2, 0.25) is 11.9 Å². The number of aliphatic hydroxyl groups excluding tert-OH is 1. The maximum Gasteiger partial charge on any atom is 0.472 e. The average molecular weight is 674 g/mol. The van der Waals surface area contributed by atoms with Gasteiger partial charge >= 0.3 is 15.6 Å². The first-order chi connectivity index (χ1) is 21.1. The van der Waals surface area contributed by atoms with E-state index in [1.807, 2.05) is 0 Å². The molecule has 242 valence electrons. The number of nitrogen functional groups attached to an aromatic ring is 2. The van der Waals surface area contributed by atoms with E-state index in [2.05, 4.69) is 41.0 Å². The van der Waals surface area contributed by atoms with Crippen LogP contribution in [0.2, 0.25) is 0 Å². The van der Waals surface area contributed by atoms with Crippen molar-refractivity contribution < 1.29 is 52.0 Å². The predicted octanol–water partition coefficient (Wildman–Crippen LogP) is -2.26. The number of nitrogens with two attached hydrogens (primary N) is 2. The van der Waals surface area contributed by atoms with Gasteiger partial charge in [0.25, 0.3) is 11.1 Å². The number of phosphoric ester groups is 2. The minimum atomic E-state index is -5.06. The van der Waals surface area contributed by atoms with Crippen molar-refractivity contribution in [3.05, 3.63) is 45.5 Å². The van der Waals surface area contributed by atoms with Crippen molar-refractivity contribution in [3.63, 3.8) is 0 Å². The Kier molecular flexibility index (Phi) is 7.74. The molecule has 25 heteroatoms. The maximum absolute atomic E-state index is 13.0. The van der Waals surface area contributed by atoms with Crippen LogP contribution in [0.5, 0.6) is 0 Å². The van der Waals surface area contributed by atoms with Crippen molar-refractivity contribution in [2.24, 2.45) is 0 Å². The number of anilines is 2. The van der Waals surface area contributed by atoms with Gasteiger partial charge < -0.3 is 40.7 Å².